The molecule has 0 unspecified atom stereocenters. The summed E-state index contributed by atoms with van der Waals surface area (Å²) in [6, 6.07) is 7.05. The van der Waals surface area contributed by atoms with Gasteiger partial charge in [0.2, 0.25) is 0 Å². The fraction of sp³-hybridized carbons (Fsp3) is 0.200. The van der Waals surface area contributed by atoms with Gasteiger partial charge in [-0.1, -0.05) is 18.2 Å². The van der Waals surface area contributed by atoms with Crippen molar-refractivity contribution in [3.8, 4) is 5.75 Å². The summed E-state index contributed by atoms with van der Waals surface area (Å²) in [6.07, 6.45) is 2.39. The first-order valence-electron chi connectivity index (χ1n) is 4.18. The Morgan fingerprint density at radius 3 is 2.57 bits per heavy atom. The molecule has 0 spiro atoms. The van der Waals surface area contributed by atoms with E-state index in [0.29, 0.717) is 18.7 Å². The molecule has 1 rings (SSSR count). The third-order valence-corrected chi connectivity index (χ3v) is 1.71. The second-order valence-electron chi connectivity index (χ2n) is 2.82. The van der Waals surface area contributed by atoms with Crippen LogP contribution in [0.2, 0.25) is 0 Å². The maximum absolute atomic E-state index is 9.40. The van der Waals surface area contributed by atoms with Crippen molar-refractivity contribution in [2.75, 3.05) is 6.54 Å². The van der Waals surface area contributed by atoms with E-state index in [9.17, 15) is 5.11 Å². The maximum Gasteiger partial charge on any atom is 0.122 e. The molecule has 0 aliphatic carbocycles. The number of aromatic hydroxyl groups is 1. The Hall–Kier alpha value is -0.961. The quantitative estimate of drug-likeness (QED) is 0.693. The Balaban J connectivity index is 0.00000169. The number of hydrogen-bond donors (Lipinski definition) is 3. The van der Waals surface area contributed by atoms with Crippen LogP contribution in [-0.4, -0.2) is 11.7 Å². The van der Waals surface area contributed by atoms with Crippen molar-refractivity contribution >= 4 is 6.08 Å². The van der Waals surface area contributed by atoms with Crippen molar-refractivity contribution in [3.05, 3.63) is 35.5 Å². The molecule has 4 heteroatoms. The van der Waals surface area contributed by atoms with E-state index in [0.717, 1.165) is 5.56 Å². The predicted octanol–water partition coefficient (Wildman–Crippen LogP) is 1.04. The van der Waals surface area contributed by atoms with Gasteiger partial charge in [0.15, 0.2) is 0 Å². The van der Waals surface area contributed by atoms with E-state index in [2.05, 4.69) is 0 Å². The molecule has 14 heavy (non-hydrogen) atoms. The molecule has 0 saturated carbocycles. The fourth-order valence-corrected chi connectivity index (χ4v) is 1.05. The van der Waals surface area contributed by atoms with E-state index in [1.54, 1.807) is 24.3 Å². The van der Waals surface area contributed by atoms with Crippen LogP contribution in [0.1, 0.15) is 12.0 Å². The van der Waals surface area contributed by atoms with E-state index in [1.165, 1.54) is 0 Å². The van der Waals surface area contributed by atoms with Crippen LogP contribution in [0.4, 0.5) is 0 Å². The van der Waals surface area contributed by atoms with Crippen molar-refractivity contribution < 1.29 is 22.2 Å². The Kier molecular flexibility index (Phi) is 6.04. The van der Waals surface area contributed by atoms with E-state index in [1.807, 2.05) is 6.07 Å². The first kappa shape index (κ1) is 13.0. The summed E-state index contributed by atoms with van der Waals surface area (Å²) in [6.45, 7) is 0.524. The van der Waals surface area contributed by atoms with Crippen LogP contribution in [0.5, 0.6) is 5.75 Å². The molecule has 0 fully saturated rings. The first-order valence-corrected chi connectivity index (χ1v) is 4.18. The van der Waals surface area contributed by atoms with E-state index < -0.39 is 0 Å². The molecule has 0 heterocycles. The fourth-order valence-electron chi connectivity index (χ4n) is 1.05. The number of hydrogen-bond acceptors (Lipinski definition) is 3. The van der Waals surface area contributed by atoms with Crippen LogP contribution in [0.3, 0.4) is 0 Å². The molecular formula is C10H14CuN2O. The van der Waals surface area contributed by atoms with Gasteiger partial charge in [0, 0.05) is 28.3 Å². The largest absolute Gasteiger partial charge is 0.507 e. The van der Waals surface area contributed by atoms with Gasteiger partial charge in [-0.3, -0.25) is 0 Å². The Morgan fingerprint density at radius 1 is 1.36 bits per heavy atom. The molecule has 0 bridgehead atoms. The SMILES string of the molecule is NCCC(N)=Cc1ccccc1O.[Cu]. The van der Waals surface area contributed by atoms with Gasteiger partial charge in [0.25, 0.3) is 0 Å². The van der Waals surface area contributed by atoms with Crippen LogP contribution >= 0.6 is 0 Å². The molecule has 0 aromatic heterocycles. The predicted molar refractivity (Wildman–Crippen MR) is 53.9 cm³/mol. The zero-order valence-corrected chi connectivity index (χ0v) is 8.65. The number of phenolic OH excluding ortho intramolecular Hbond substituents is 1. The zero-order chi connectivity index (χ0) is 9.68. The molecule has 3 nitrogen and oxygen atoms in total. The number of benzene rings is 1. The van der Waals surface area contributed by atoms with Gasteiger partial charge in [-0.2, -0.15) is 0 Å². The monoisotopic (exact) mass is 241 g/mol. The Labute approximate surface area is 94.3 Å². The van der Waals surface area contributed by atoms with Crippen LogP contribution in [0.25, 0.3) is 6.08 Å². The third-order valence-electron chi connectivity index (χ3n) is 1.71. The van der Waals surface area contributed by atoms with Crippen LogP contribution in [0.15, 0.2) is 30.0 Å². The minimum atomic E-state index is 0. The number of para-hydroxylation sites is 1. The summed E-state index contributed by atoms with van der Waals surface area (Å²) in [5, 5.41) is 9.40. The normalized spacial score (nSPS) is 10.8. The number of nitrogens with two attached hydrogens (primary N) is 2. The molecule has 0 amide bonds. The number of rotatable bonds is 3. The molecule has 1 aromatic carbocycles. The van der Waals surface area contributed by atoms with E-state index in [-0.39, 0.29) is 22.8 Å². The zero-order valence-electron chi connectivity index (χ0n) is 7.70. The molecule has 1 radical (unpaired) electrons. The summed E-state index contributed by atoms with van der Waals surface area (Å²) < 4.78 is 0. The smallest absolute Gasteiger partial charge is 0.122 e. The molecule has 81 valence electrons. The van der Waals surface area contributed by atoms with Crippen molar-refractivity contribution in [2.45, 2.75) is 6.42 Å². The van der Waals surface area contributed by atoms with Crippen molar-refractivity contribution in [2.24, 2.45) is 11.5 Å². The van der Waals surface area contributed by atoms with E-state index in [4.69, 9.17) is 11.5 Å². The second kappa shape index (κ2) is 6.49. The van der Waals surface area contributed by atoms with Gasteiger partial charge in [-0.05, 0) is 25.1 Å². The number of phenols is 1. The van der Waals surface area contributed by atoms with E-state index >= 15 is 0 Å². The average Bonchev–Trinajstić information content (AvgIpc) is 2.09. The molecule has 1 aromatic rings. The van der Waals surface area contributed by atoms with Gasteiger partial charge in [-0.25, -0.2) is 0 Å². The Morgan fingerprint density at radius 2 is 2.00 bits per heavy atom. The summed E-state index contributed by atoms with van der Waals surface area (Å²) in [7, 11) is 0. The molecule has 0 atom stereocenters. The molecule has 5 N–H and O–H groups in total. The van der Waals surface area contributed by atoms with Gasteiger partial charge >= 0.3 is 0 Å². The van der Waals surface area contributed by atoms with Gasteiger partial charge in [0.1, 0.15) is 5.75 Å². The Bertz CT molecular complexity index is 313. The first-order chi connectivity index (χ1) is 6.24. The molecule has 0 saturated heterocycles. The van der Waals surface area contributed by atoms with Crippen LogP contribution in [-0.2, 0) is 17.1 Å². The minimum absolute atomic E-state index is 0. The topological polar surface area (TPSA) is 72.3 Å². The molecule has 0 aliphatic heterocycles. The molecule has 0 aliphatic rings. The van der Waals surface area contributed by atoms with Crippen molar-refractivity contribution in [1.29, 1.82) is 0 Å². The summed E-state index contributed by atoms with van der Waals surface area (Å²) in [4.78, 5) is 0. The standard InChI is InChI=1S/C10H14N2O.Cu/c11-6-5-9(12)7-8-3-1-2-4-10(8)13;/h1-4,7,13H,5-6,11-12H2;. The summed E-state index contributed by atoms with van der Waals surface area (Å²) >= 11 is 0. The minimum Gasteiger partial charge on any atom is -0.507 e. The maximum atomic E-state index is 9.40. The third kappa shape index (κ3) is 3.83. The summed E-state index contributed by atoms with van der Waals surface area (Å²) in [5.74, 6) is 0.238. The average molecular weight is 242 g/mol. The van der Waals surface area contributed by atoms with Crippen LogP contribution < -0.4 is 11.5 Å². The van der Waals surface area contributed by atoms with Crippen molar-refractivity contribution in [1.82, 2.24) is 0 Å². The second-order valence-corrected chi connectivity index (χ2v) is 2.82. The van der Waals surface area contributed by atoms with Crippen LogP contribution in [0, 0.1) is 0 Å². The summed E-state index contributed by atoms with van der Waals surface area (Å²) in [5.41, 5.74) is 12.4. The van der Waals surface area contributed by atoms with Gasteiger partial charge in [-0.15, -0.1) is 0 Å². The van der Waals surface area contributed by atoms with Gasteiger partial charge in [0.05, 0.1) is 0 Å². The van der Waals surface area contributed by atoms with Gasteiger partial charge < -0.3 is 16.6 Å². The molecular weight excluding hydrogens is 228 g/mol. The van der Waals surface area contributed by atoms with Crippen molar-refractivity contribution in [3.63, 3.8) is 0 Å².